The summed E-state index contributed by atoms with van der Waals surface area (Å²) in [6, 6.07) is 4.22. The molecule has 0 saturated heterocycles. The van der Waals surface area contributed by atoms with Gasteiger partial charge in [-0.15, -0.1) is 22.7 Å². The third-order valence-electron chi connectivity index (χ3n) is 2.45. The van der Waals surface area contributed by atoms with E-state index >= 15 is 0 Å². The third-order valence-corrected chi connectivity index (χ3v) is 4.50. The fourth-order valence-electron chi connectivity index (χ4n) is 1.57. The quantitative estimate of drug-likeness (QED) is 0.683. The van der Waals surface area contributed by atoms with Gasteiger partial charge in [0, 0.05) is 22.8 Å². The highest BCUT2D eigenvalue weighted by Gasteiger charge is 2.05. The van der Waals surface area contributed by atoms with Crippen molar-refractivity contribution in [2.75, 3.05) is 0 Å². The summed E-state index contributed by atoms with van der Waals surface area (Å²) in [6.45, 7) is 2.15. The molecule has 4 heteroatoms. The maximum Gasteiger partial charge on any atom is 0.125 e. The van der Waals surface area contributed by atoms with E-state index in [0.29, 0.717) is 0 Å². The lowest BCUT2D eigenvalue weighted by Crippen LogP contribution is -1.77. The fraction of sp³-hybridized carbons (Fsp3) is 0.167. The van der Waals surface area contributed by atoms with Gasteiger partial charge in [0.05, 0.1) is 10.2 Å². The minimum absolute atomic E-state index is 1.05. The highest BCUT2D eigenvalue weighted by Crippen LogP contribution is 2.28. The molecule has 0 aliphatic heterocycles. The second-order valence-corrected chi connectivity index (χ2v) is 5.58. The van der Waals surface area contributed by atoms with E-state index in [1.807, 2.05) is 18.5 Å². The van der Waals surface area contributed by atoms with Crippen molar-refractivity contribution >= 4 is 32.9 Å². The van der Waals surface area contributed by atoms with Gasteiger partial charge < -0.3 is 0 Å². The van der Waals surface area contributed by atoms with E-state index in [0.717, 1.165) is 22.5 Å². The fourth-order valence-corrected chi connectivity index (χ4v) is 3.18. The number of thiazole rings is 1. The normalized spacial score (nSPS) is 11.1. The molecule has 0 fully saturated rings. The lowest BCUT2D eigenvalue weighted by molar-refractivity contribution is 1.17. The molecule has 0 radical (unpaired) electrons. The van der Waals surface area contributed by atoms with Crippen molar-refractivity contribution in [3.05, 3.63) is 34.8 Å². The van der Waals surface area contributed by atoms with Gasteiger partial charge in [0.25, 0.3) is 0 Å². The molecule has 3 aromatic rings. The van der Waals surface area contributed by atoms with E-state index in [9.17, 15) is 0 Å². The number of hydrogen-bond donors (Lipinski definition) is 0. The topological polar surface area (TPSA) is 25.8 Å². The third kappa shape index (κ3) is 1.64. The molecule has 0 saturated carbocycles. The van der Waals surface area contributed by atoms with Crippen molar-refractivity contribution < 1.29 is 0 Å². The molecule has 0 N–H and O–H groups in total. The zero-order chi connectivity index (χ0) is 11.0. The number of hydrogen-bond acceptors (Lipinski definition) is 4. The molecule has 0 aliphatic rings. The van der Waals surface area contributed by atoms with Crippen molar-refractivity contribution in [3.8, 4) is 10.6 Å². The van der Waals surface area contributed by atoms with Crippen LogP contribution >= 0.6 is 22.7 Å². The molecular formula is C12H10N2S2. The predicted octanol–water partition coefficient (Wildman–Crippen LogP) is 3.98. The highest BCUT2D eigenvalue weighted by atomic mass is 32.1. The molecule has 0 unspecified atom stereocenters. The van der Waals surface area contributed by atoms with Gasteiger partial charge in [0.2, 0.25) is 0 Å². The van der Waals surface area contributed by atoms with Crippen LogP contribution in [0.1, 0.15) is 11.8 Å². The monoisotopic (exact) mass is 246 g/mol. The summed E-state index contributed by atoms with van der Waals surface area (Å²) in [6.07, 6.45) is 4.91. The van der Waals surface area contributed by atoms with Gasteiger partial charge in [-0.25, -0.2) is 4.98 Å². The zero-order valence-electron chi connectivity index (χ0n) is 8.80. The van der Waals surface area contributed by atoms with Crippen molar-refractivity contribution in [2.45, 2.75) is 13.3 Å². The Labute approximate surface area is 102 Å². The lowest BCUT2D eigenvalue weighted by atomic mass is 10.3. The van der Waals surface area contributed by atoms with Crippen LogP contribution < -0.4 is 0 Å². The number of aromatic nitrogens is 2. The molecule has 16 heavy (non-hydrogen) atoms. The van der Waals surface area contributed by atoms with E-state index in [1.165, 1.54) is 9.58 Å². The Bertz CT molecular complexity index is 625. The first-order valence-electron chi connectivity index (χ1n) is 5.15. The van der Waals surface area contributed by atoms with Crippen molar-refractivity contribution in [1.82, 2.24) is 9.97 Å². The Morgan fingerprint density at radius 2 is 2.19 bits per heavy atom. The molecule has 2 nitrogen and oxygen atoms in total. The largest absolute Gasteiger partial charge is 0.255 e. The van der Waals surface area contributed by atoms with Crippen LogP contribution in [0.2, 0.25) is 0 Å². The molecular weight excluding hydrogens is 236 g/mol. The van der Waals surface area contributed by atoms with Crippen LogP contribution in [-0.4, -0.2) is 9.97 Å². The van der Waals surface area contributed by atoms with Gasteiger partial charge in [0.1, 0.15) is 5.01 Å². The molecule has 0 atom stereocenters. The van der Waals surface area contributed by atoms with E-state index < -0.39 is 0 Å². The smallest absolute Gasteiger partial charge is 0.125 e. The molecule has 0 spiro atoms. The zero-order valence-corrected chi connectivity index (χ0v) is 10.4. The Balaban J connectivity index is 2.10. The summed E-state index contributed by atoms with van der Waals surface area (Å²) in [5, 5.41) is 3.14. The number of fused-ring (bicyclic) bond motifs is 1. The first-order chi connectivity index (χ1) is 7.86. The first-order valence-corrected chi connectivity index (χ1v) is 6.85. The average Bonchev–Trinajstić information content (AvgIpc) is 2.96. The number of thiophene rings is 1. The molecule has 0 aliphatic carbocycles. The second kappa shape index (κ2) is 3.96. The number of nitrogens with zero attached hydrogens (tertiary/aromatic N) is 2. The Morgan fingerprint density at radius 1 is 1.25 bits per heavy atom. The van der Waals surface area contributed by atoms with Crippen LogP contribution in [0.25, 0.3) is 20.8 Å². The predicted molar refractivity (Wildman–Crippen MR) is 70.1 cm³/mol. The van der Waals surface area contributed by atoms with E-state index in [4.69, 9.17) is 0 Å². The summed E-state index contributed by atoms with van der Waals surface area (Å²) in [5.74, 6) is 0. The van der Waals surface area contributed by atoms with E-state index in [-0.39, 0.29) is 0 Å². The van der Waals surface area contributed by atoms with Crippen molar-refractivity contribution in [2.24, 2.45) is 0 Å². The Kier molecular flexibility index (Phi) is 2.46. The molecule has 3 aromatic heterocycles. The maximum absolute atomic E-state index is 4.43. The van der Waals surface area contributed by atoms with Gasteiger partial charge in [-0.05, 0) is 23.9 Å². The summed E-state index contributed by atoms with van der Waals surface area (Å²) in [4.78, 5) is 10.2. The van der Waals surface area contributed by atoms with Crippen LogP contribution in [0, 0.1) is 0 Å². The number of rotatable bonds is 2. The van der Waals surface area contributed by atoms with Crippen LogP contribution in [-0.2, 0) is 6.42 Å². The van der Waals surface area contributed by atoms with Crippen LogP contribution in [0.5, 0.6) is 0 Å². The molecule has 0 bridgehead atoms. The maximum atomic E-state index is 4.43. The van der Waals surface area contributed by atoms with Gasteiger partial charge in [0.15, 0.2) is 0 Å². The molecule has 3 heterocycles. The van der Waals surface area contributed by atoms with Gasteiger partial charge >= 0.3 is 0 Å². The standard InChI is InChI=1S/C12H10N2S2/c1-2-9-7-14-12(16-9)8-5-11-10(13-6-8)3-4-15-11/h3-7H,2H2,1H3. The van der Waals surface area contributed by atoms with Gasteiger partial charge in [-0.3, -0.25) is 4.98 Å². The first kappa shape index (κ1) is 9.93. The highest BCUT2D eigenvalue weighted by molar-refractivity contribution is 7.17. The minimum Gasteiger partial charge on any atom is -0.255 e. The van der Waals surface area contributed by atoms with Crippen molar-refractivity contribution in [3.63, 3.8) is 0 Å². The van der Waals surface area contributed by atoms with Gasteiger partial charge in [-0.2, -0.15) is 0 Å². The average molecular weight is 246 g/mol. The number of pyridine rings is 1. The van der Waals surface area contributed by atoms with Gasteiger partial charge in [-0.1, -0.05) is 6.92 Å². The minimum atomic E-state index is 1.05. The van der Waals surface area contributed by atoms with Crippen LogP contribution in [0.4, 0.5) is 0 Å². The summed E-state index contributed by atoms with van der Waals surface area (Å²) < 4.78 is 1.23. The number of aryl methyl sites for hydroxylation is 1. The van der Waals surface area contributed by atoms with E-state index in [1.54, 1.807) is 22.7 Å². The Morgan fingerprint density at radius 3 is 3.00 bits per heavy atom. The SMILES string of the molecule is CCc1cnc(-c2cnc3ccsc3c2)s1. The molecule has 0 aromatic carbocycles. The van der Waals surface area contributed by atoms with E-state index in [2.05, 4.69) is 28.3 Å². The molecule has 0 amide bonds. The lowest BCUT2D eigenvalue weighted by Gasteiger charge is -1.95. The second-order valence-electron chi connectivity index (χ2n) is 3.51. The summed E-state index contributed by atoms with van der Waals surface area (Å²) in [7, 11) is 0. The van der Waals surface area contributed by atoms with Crippen LogP contribution in [0.15, 0.2) is 29.9 Å². The summed E-state index contributed by atoms with van der Waals surface area (Å²) >= 11 is 3.47. The summed E-state index contributed by atoms with van der Waals surface area (Å²) in [5.41, 5.74) is 2.20. The molecule has 80 valence electrons. The Hall–Kier alpha value is -1.26. The van der Waals surface area contributed by atoms with Crippen molar-refractivity contribution in [1.29, 1.82) is 0 Å². The van der Waals surface area contributed by atoms with Crippen LogP contribution in [0.3, 0.4) is 0 Å². The molecule has 3 rings (SSSR count).